The third-order valence-electron chi connectivity index (χ3n) is 7.12. The molecule has 1 fully saturated rings. The van der Waals surface area contributed by atoms with E-state index in [9.17, 15) is 23.1 Å². The molecule has 4 aromatic rings. The van der Waals surface area contributed by atoms with Gasteiger partial charge in [-0.15, -0.1) is 0 Å². The van der Waals surface area contributed by atoms with Crippen molar-refractivity contribution >= 4 is 32.7 Å². The van der Waals surface area contributed by atoms with Crippen LogP contribution in [0.25, 0.3) is 10.9 Å². The van der Waals surface area contributed by atoms with Crippen molar-refractivity contribution in [2.75, 3.05) is 13.1 Å². The number of hydrogen-bond acceptors (Lipinski definition) is 7. The van der Waals surface area contributed by atoms with Crippen molar-refractivity contribution in [1.29, 1.82) is 0 Å². The number of aliphatic hydroxyl groups excluding tert-OH is 1. The van der Waals surface area contributed by atoms with E-state index in [-0.39, 0.29) is 24.5 Å². The van der Waals surface area contributed by atoms with E-state index in [1.54, 1.807) is 42.6 Å². The summed E-state index contributed by atoms with van der Waals surface area (Å²) in [5.41, 5.74) is 2.00. The fourth-order valence-electron chi connectivity index (χ4n) is 4.93. The van der Waals surface area contributed by atoms with Crippen LogP contribution >= 0.6 is 0 Å². The standard InChI is InChI=1S/C30H31N5O5S/c36-27-20-35(41(39,40)28-12-4-5-15-32-28)17-7-11-25(27)33-30(38)26(18-21-8-2-1-3-9-21)34-29(37)23-13-14-24-22(19-23)10-6-16-31-24/h1-6,8-10,12-16,19,25-27,36H,7,11,17-18,20H2,(H,33,38)(H,34,37)/t25?,26?,27-/m0/s1. The number of hydrogen-bond donors (Lipinski definition) is 3. The molecule has 0 saturated carbocycles. The van der Waals surface area contributed by atoms with Gasteiger partial charge in [-0.2, -0.15) is 4.31 Å². The van der Waals surface area contributed by atoms with Gasteiger partial charge in [0, 0.05) is 42.9 Å². The number of benzene rings is 2. The van der Waals surface area contributed by atoms with Crippen LogP contribution in [0.3, 0.4) is 0 Å². The van der Waals surface area contributed by atoms with Gasteiger partial charge in [-0.05, 0) is 54.8 Å². The molecule has 0 bridgehead atoms. The minimum atomic E-state index is -3.90. The van der Waals surface area contributed by atoms with E-state index in [4.69, 9.17) is 0 Å². The smallest absolute Gasteiger partial charge is 0.260 e. The number of pyridine rings is 2. The first kappa shape index (κ1) is 28.3. The number of aromatic nitrogens is 2. The normalized spacial score (nSPS) is 18.8. The van der Waals surface area contributed by atoms with Crippen LogP contribution < -0.4 is 10.6 Å². The molecular formula is C30H31N5O5S. The quantitative estimate of drug-likeness (QED) is 0.294. The summed E-state index contributed by atoms with van der Waals surface area (Å²) in [7, 11) is -3.90. The first-order chi connectivity index (χ1) is 19.8. The summed E-state index contributed by atoms with van der Waals surface area (Å²) >= 11 is 0. The van der Waals surface area contributed by atoms with Crippen LogP contribution in [0.1, 0.15) is 28.8 Å². The van der Waals surface area contributed by atoms with E-state index >= 15 is 0 Å². The van der Waals surface area contributed by atoms with Crippen LogP contribution in [0.4, 0.5) is 0 Å². The largest absolute Gasteiger partial charge is 0.390 e. The summed E-state index contributed by atoms with van der Waals surface area (Å²) in [5, 5.41) is 17.4. The second-order valence-electron chi connectivity index (χ2n) is 9.98. The van der Waals surface area contributed by atoms with E-state index in [0.717, 1.165) is 16.5 Å². The van der Waals surface area contributed by atoms with Crippen LogP contribution in [-0.4, -0.2) is 70.9 Å². The van der Waals surface area contributed by atoms with Gasteiger partial charge in [0.05, 0.1) is 17.7 Å². The van der Waals surface area contributed by atoms with Gasteiger partial charge in [-0.3, -0.25) is 14.6 Å². The van der Waals surface area contributed by atoms with E-state index in [1.165, 1.54) is 16.6 Å². The molecule has 1 aliphatic rings. The van der Waals surface area contributed by atoms with Crippen LogP contribution in [0.15, 0.2) is 96.3 Å². The molecule has 2 aromatic heterocycles. The molecule has 3 N–H and O–H groups in total. The van der Waals surface area contributed by atoms with Gasteiger partial charge < -0.3 is 15.7 Å². The molecule has 41 heavy (non-hydrogen) atoms. The van der Waals surface area contributed by atoms with Crippen molar-refractivity contribution in [3.8, 4) is 0 Å². The Morgan fingerprint density at radius 1 is 0.976 bits per heavy atom. The molecule has 212 valence electrons. The maximum Gasteiger partial charge on any atom is 0.260 e. The molecule has 11 heteroatoms. The average molecular weight is 574 g/mol. The molecule has 0 radical (unpaired) electrons. The van der Waals surface area contributed by atoms with Crippen LogP contribution in [-0.2, 0) is 21.2 Å². The summed E-state index contributed by atoms with van der Waals surface area (Å²) in [6.45, 7) is -0.00592. The lowest BCUT2D eigenvalue weighted by Crippen LogP contribution is -2.54. The molecule has 3 heterocycles. The summed E-state index contributed by atoms with van der Waals surface area (Å²) < 4.78 is 27.4. The molecule has 2 amide bonds. The van der Waals surface area contributed by atoms with Crippen molar-refractivity contribution in [3.63, 3.8) is 0 Å². The fourth-order valence-corrected chi connectivity index (χ4v) is 6.35. The predicted molar refractivity (Wildman–Crippen MR) is 153 cm³/mol. The Morgan fingerprint density at radius 3 is 2.54 bits per heavy atom. The highest BCUT2D eigenvalue weighted by molar-refractivity contribution is 7.89. The molecule has 1 saturated heterocycles. The number of fused-ring (bicyclic) bond motifs is 1. The molecule has 2 unspecified atom stereocenters. The van der Waals surface area contributed by atoms with Gasteiger partial charge in [0.15, 0.2) is 5.03 Å². The van der Waals surface area contributed by atoms with Gasteiger partial charge >= 0.3 is 0 Å². The molecule has 2 aromatic carbocycles. The molecule has 0 aliphatic carbocycles. The number of carbonyl (C=O) groups is 2. The van der Waals surface area contributed by atoms with Crippen molar-refractivity contribution in [2.24, 2.45) is 0 Å². The monoisotopic (exact) mass is 573 g/mol. The summed E-state index contributed by atoms with van der Waals surface area (Å²) in [6.07, 6.45) is 2.95. The highest BCUT2D eigenvalue weighted by Gasteiger charge is 2.35. The van der Waals surface area contributed by atoms with Crippen LogP contribution in [0.5, 0.6) is 0 Å². The van der Waals surface area contributed by atoms with Crippen LogP contribution in [0, 0.1) is 0 Å². The Morgan fingerprint density at radius 2 is 1.76 bits per heavy atom. The zero-order valence-electron chi connectivity index (χ0n) is 22.3. The summed E-state index contributed by atoms with van der Waals surface area (Å²) in [6, 6.07) is 21.1. The number of nitrogens with zero attached hydrogens (tertiary/aromatic N) is 3. The van der Waals surface area contributed by atoms with Crippen molar-refractivity contribution < 1.29 is 23.1 Å². The second kappa shape index (κ2) is 12.5. The second-order valence-corrected chi connectivity index (χ2v) is 11.9. The number of sulfonamides is 1. The lowest BCUT2D eigenvalue weighted by Gasteiger charge is -2.27. The Hall–Kier alpha value is -4.19. The minimum absolute atomic E-state index is 0.0928. The molecule has 3 atom stereocenters. The Kier molecular flexibility index (Phi) is 8.67. The lowest BCUT2D eigenvalue weighted by molar-refractivity contribution is -0.124. The first-order valence-electron chi connectivity index (χ1n) is 13.4. The first-order valence-corrected chi connectivity index (χ1v) is 14.8. The van der Waals surface area contributed by atoms with Gasteiger partial charge in [-0.25, -0.2) is 13.4 Å². The molecular weight excluding hydrogens is 542 g/mol. The molecule has 0 spiro atoms. The highest BCUT2D eigenvalue weighted by atomic mass is 32.2. The number of rotatable bonds is 8. The van der Waals surface area contributed by atoms with Gasteiger partial charge in [0.25, 0.3) is 15.9 Å². The zero-order chi connectivity index (χ0) is 28.8. The fraction of sp³-hybridized carbons (Fsp3) is 0.267. The highest BCUT2D eigenvalue weighted by Crippen LogP contribution is 2.20. The number of carbonyl (C=O) groups excluding carboxylic acids is 2. The number of nitrogens with one attached hydrogen (secondary N) is 2. The Labute approximate surface area is 238 Å². The van der Waals surface area contributed by atoms with Gasteiger partial charge in [-0.1, -0.05) is 42.5 Å². The molecule has 1 aliphatic heterocycles. The average Bonchev–Trinajstić information content (AvgIpc) is 3.18. The van der Waals surface area contributed by atoms with E-state index in [1.807, 2.05) is 36.4 Å². The minimum Gasteiger partial charge on any atom is -0.390 e. The summed E-state index contributed by atoms with van der Waals surface area (Å²) in [4.78, 5) is 35.1. The van der Waals surface area contributed by atoms with Gasteiger partial charge in [0.2, 0.25) is 5.91 Å². The lowest BCUT2D eigenvalue weighted by atomic mass is 10.0. The number of amides is 2. The van der Waals surface area contributed by atoms with E-state index in [0.29, 0.717) is 18.4 Å². The van der Waals surface area contributed by atoms with E-state index < -0.39 is 40.0 Å². The van der Waals surface area contributed by atoms with Crippen molar-refractivity contribution in [2.45, 2.75) is 42.5 Å². The van der Waals surface area contributed by atoms with E-state index in [2.05, 4.69) is 20.6 Å². The molecule has 10 nitrogen and oxygen atoms in total. The Bertz CT molecular complexity index is 1620. The summed E-state index contributed by atoms with van der Waals surface area (Å²) in [5.74, 6) is -0.879. The van der Waals surface area contributed by atoms with Crippen LogP contribution in [0.2, 0.25) is 0 Å². The van der Waals surface area contributed by atoms with Crippen molar-refractivity contribution in [1.82, 2.24) is 24.9 Å². The molecule has 5 rings (SSSR count). The third kappa shape index (κ3) is 6.76. The number of aliphatic hydroxyl groups is 1. The SMILES string of the molecule is O=C(NC(Cc1ccccc1)C(=O)NC1CCCN(S(=O)(=O)c2ccccn2)C[C@@H]1O)c1ccc2ncccc2c1. The topological polar surface area (TPSA) is 142 Å². The maximum atomic E-state index is 13.6. The maximum absolute atomic E-state index is 13.6. The van der Waals surface area contributed by atoms with Crippen molar-refractivity contribution in [3.05, 3.63) is 102 Å². The zero-order valence-corrected chi connectivity index (χ0v) is 23.1. The van der Waals surface area contributed by atoms with Gasteiger partial charge in [0.1, 0.15) is 6.04 Å². The predicted octanol–water partition coefficient (Wildman–Crippen LogP) is 2.30. The Balaban J connectivity index is 1.31. The number of β-amino-alcohol motifs (C(OH)–C–C–N with tert-alkyl or cyclic N) is 1. The third-order valence-corrected chi connectivity index (χ3v) is 8.90.